The lowest BCUT2D eigenvalue weighted by atomic mass is 10.1. The number of aromatic amines is 1. The van der Waals surface area contributed by atoms with Crippen molar-refractivity contribution in [2.75, 3.05) is 12.4 Å². The van der Waals surface area contributed by atoms with Crippen LogP contribution in [0.25, 0.3) is 17.1 Å². The number of anilines is 2. The summed E-state index contributed by atoms with van der Waals surface area (Å²) in [5, 5.41) is 15.3. The monoisotopic (exact) mass is 404 g/mol. The number of aromatic nitrogens is 6. The number of hydrogen-bond acceptors (Lipinski definition) is 6. The van der Waals surface area contributed by atoms with Gasteiger partial charge in [-0.3, -0.25) is 10.00 Å². The Hall–Kier alpha value is -3.59. The minimum absolute atomic E-state index is 0.264. The van der Waals surface area contributed by atoms with Gasteiger partial charge in [-0.1, -0.05) is 6.92 Å². The number of rotatable bonds is 5. The summed E-state index contributed by atoms with van der Waals surface area (Å²) in [5.41, 5.74) is 5.11. The Labute approximate surface area is 172 Å². The van der Waals surface area contributed by atoms with E-state index in [9.17, 15) is 4.39 Å². The van der Waals surface area contributed by atoms with Gasteiger partial charge in [-0.2, -0.15) is 10.2 Å². The summed E-state index contributed by atoms with van der Waals surface area (Å²) in [6.07, 6.45) is 4.16. The van der Waals surface area contributed by atoms with Crippen LogP contribution in [-0.4, -0.2) is 41.9 Å². The number of hydrogen-bond donors (Lipinski definition) is 2. The fraction of sp³-hybridized carbons (Fsp3) is 0.238. The zero-order valence-electron chi connectivity index (χ0n) is 16.7. The Morgan fingerprint density at radius 1 is 1.17 bits per heavy atom. The summed E-state index contributed by atoms with van der Waals surface area (Å²) in [4.78, 5) is 11.0. The zero-order valence-corrected chi connectivity index (χ0v) is 16.7. The van der Waals surface area contributed by atoms with Crippen LogP contribution in [0.5, 0.6) is 0 Å². The summed E-state index contributed by atoms with van der Waals surface area (Å²) >= 11 is 0. The molecule has 1 aromatic carbocycles. The minimum atomic E-state index is -0.264. The highest BCUT2D eigenvalue weighted by Gasteiger charge is 2.22. The van der Waals surface area contributed by atoms with Crippen molar-refractivity contribution >= 4 is 11.6 Å². The van der Waals surface area contributed by atoms with Gasteiger partial charge in [0.05, 0.1) is 17.6 Å². The highest BCUT2D eigenvalue weighted by molar-refractivity contribution is 5.71. The molecule has 0 atom stereocenters. The van der Waals surface area contributed by atoms with Crippen LogP contribution in [0.4, 0.5) is 16.0 Å². The van der Waals surface area contributed by atoms with Gasteiger partial charge in [0.25, 0.3) is 0 Å². The molecule has 0 saturated carbocycles. The van der Waals surface area contributed by atoms with Gasteiger partial charge in [0, 0.05) is 35.8 Å². The standard InChI is InChI=1S/C21H21FN8/c1-3-16-20(13-4-6-15(22)7-5-13)27-28-21(16)26-18-8-19(24-12-23-18)30-17-11-29(2)10-14(17)9-25-30/h4-9,12H,3,10-11H2,1-2H3,(H2,23,24,26,27,28). The molecule has 1 aliphatic rings. The molecule has 0 aliphatic carbocycles. The van der Waals surface area contributed by atoms with E-state index in [0.29, 0.717) is 17.5 Å². The topological polar surface area (TPSA) is 87.6 Å². The van der Waals surface area contributed by atoms with Crippen molar-refractivity contribution in [2.45, 2.75) is 26.4 Å². The fourth-order valence-corrected chi connectivity index (χ4v) is 3.83. The molecule has 30 heavy (non-hydrogen) atoms. The van der Waals surface area contributed by atoms with Gasteiger partial charge >= 0.3 is 0 Å². The number of halogens is 1. The van der Waals surface area contributed by atoms with E-state index in [1.807, 2.05) is 16.9 Å². The highest BCUT2D eigenvalue weighted by Crippen LogP contribution is 2.29. The number of nitrogens with one attached hydrogen (secondary N) is 2. The molecule has 4 heterocycles. The maximum Gasteiger partial charge on any atom is 0.159 e. The third kappa shape index (κ3) is 3.22. The van der Waals surface area contributed by atoms with Gasteiger partial charge < -0.3 is 5.32 Å². The zero-order chi connectivity index (χ0) is 20.7. The van der Waals surface area contributed by atoms with Gasteiger partial charge in [0.1, 0.15) is 18.0 Å². The van der Waals surface area contributed by atoms with E-state index < -0.39 is 0 Å². The molecule has 0 unspecified atom stereocenters. The molecular weight excluding hydrogens is 383 g/mol. The molecule has 9 heteroatoms. The molecular formula is C21H21FN8. The summed E-state index contributed by atoms with van der Waals surface area (Å²) in [6, 6.07) is 8.23. The Morgan fingerprint density at radius 3 is 2.80 bits per heavy atom. The first-order chi connectivity index (χ1) is 14.6. The molecule has 2 N–H and O–H groups in total. The predicted octanol–water partition coefficient (Wildman–Crippen LogP) is 3.44. The lowest BCUT2D eigenvalue weighted by molar-refractivity contribution is 0.345. The molecule has 8 nitrogen and oxygen atoms in total. The first-order valence-electron chi connectivity index (χ1n) is 9.79. The van der Waals surface area contributed by atoms with Gasteiger partial charge in [-0.25, -0.2) is 19.0 Å². The van der Waals surface area contributed by atoms with Gasteiger partial charge in [0.15, 0.2) is 11.6 Å². The quantitative estimate of drug-likeness (QED) is 0.530. The van der Waals surface area contributed by atoms with E-state index in [1.165, 1.54) is 24.0 Å². The van der Waals surface area contributed by atoms with Crippen LogP contribution in [0, 0.1) is 5.82 Å². The summed E-state index contributed by atoms with van der Waals surface area (Å²) in [5.74, 6) is 1.75. The molecule has 0 fully saturated rings. The lowest BCUT2D eigenvalue weighted by Gasteiger charge is -2.10. The normalized spacial score (nSPS) is 13.6. The van der Waals surface area contributed by atoms with E-state index >= 15 is 0 Å². The molecule has 3 aromatic heterocycles. The largest absolute Gasteiger partial charge is 0.323 e. The third-order valence-electron chi connectivity index (χ3n) is 5.29. The van der Waals surface area contributed by atoms with Crippen molar-refractivity contribution < 1.29 is 4.39 Å². The Kier molecular flexibility index (Phi) is 4.51. The number of benzene rings is 1. The molecule has 0 radical (unpaired) electrons. The van der Waals surface area contributed by atoms with Crippen LogP contribution in [-0.2, 0) is 19.5 Å². The average Bonchev–Trinajstić information content (AvgIpc) is 3.42. The third-order valence-corrected chi connectivity index (χ3v) is 5.29. The minimum Gasteiger partial charge on any atom is -0.323 e. The van der Waals surface area contributed by atoms with Crippen LogP contribution in [0.1, 0.15) is 23.7 Å². The first-order valence-corrected chi connectivity index (χ1v) is 9.79. The van der Waals surface area contributed by atoms with E-state index in [1.54, 1.807) is 12.1 Å². The van der Waals surface area contributed by atoms with E-state index in [4.69, 9.17) is 0 Å². The highest BCUT2D eigenvalue weighted by atomic mass is 19.1. The summed E-state index contributed by atoms with van der Waals surface area (Å²) in [6.45, 7) is 3.78. The smallest absolute Gasteiger partial charge is 0.159 e. The Morgan fingerprint density at radius 2 is 2.00 bits per heavy atom. The van der Waals surface area contributed by atoms with Crippen LogP contribution >= 0.6 is 0 Å². The second-order valence-electron chi connectivity index (χ2n) is 7.37. The van der Waals surface area contributed by atoms with Crippen molar-refractivity contribution in [3.63, 3.8) is 0 Å². The maximum absolute atomic E-state index is 13.3. The molecule has 5 rings (SSSR count). The molecule has 0 bridgehead atoms. The molecule has 4 aromatic rings. The van der Waals surface area contributed by atoms with Crippen molar-refractivity contribution in [3.8, 4) is 17.1 Å². The summed E-state index contributed by atoms with van der Waals surface area (Å²) < 4.78 is 15.1. The van der Waals surface area contributed by atoms with E-state index in [2.05, 4.69) is 49.5 Å². The van der Waals surface area contributed by atoms with Crippen molar-refractivity contribution in [3.05, 3.63) is 65.5 Å². The van der Waals surface area contributed by atoms with E-state index in [-0.39, 0.29) is 5.82 Å². The first kappa shape index (κ1) is 18.4. The second kappa shape index (κ2) is 7.34. The van der Waals surface area contributed by atoms with Crippen LogP contribution in [0.2, 0.25) is 0 Å². The number of nitrogens with zero attached hydrogens (tertiary/aromatic N) is 6. The average molecular weight is 404 g/mol. The van der Waals surface area contributed by atoms with Gasteiger partial charge in [-0.15, -0.1) is 0 Å². The SMILES string of the molecule is CCc1c(Nc2cc(-n3ncc4c3CN(C)C4)ncn2)n[nH]c1-c1ccc(F)cc1. The molecule has 0 amide bonds. The Bertz CT molecular complexity index is 1190. The maximum atomic E-state index is 13.3. The summed E-state index contributed by atoms with van der Waals surface area (Å²) in [7, 11) is 2.08. The number of fused-ring (bicyclic) bond motifs is 1. The number of H-pyrrole nitrogens is 1. The van der Waals surface area contributed by atoms with Gasteiger partial charge in [-0.05, 0) is 37.7 Å². The lowest BCUT2D eigenvalue weighted by Crippen LogP contribution is -2.12. The van der Waals surface area contributed by atoms with Gasteiger partial charge in [0.2, 0.25) is 0 Å². The molecule has 0 saturated heterocycles. The van der Waals surface area contributed by atoms with Crippen LogP contribution in [0.15, 0.2) is 42.9 Å². The van der Waals surface area contributed by atoms with Crippen molar-refractivity contribution in [1.29, 1.82) is 0 Å². The van der Waals surface area contributed by atoms with E-state index in [0.717, 1.165) is 42.0 Å². The van der Waals surface area contributed by atoms with Crippen LogP contribution in [0.3, 0.4) is 0 Å². The second-order valence-corrected chi connectivity index (χ2v) is 7.37. The van der Waals surface area contributed by atoms with Crippen LogP contribution < -0.4 is 5.32 Å². The Balaban J connectivity index is 1.45. The predicted molar refractivity (Wildman–Crippen MR) is 111 cm³/mol. The van der Waals surface area contributed by atoms with Crippen molar-refractivity contribution in [2.24, 2.45) is 0 Å². The molecule has 152 valence electrons. The fourth-order valence-electron chi connectivity index (χ4n) is 3.83. The van der Waals surface area contributed by atoms with Crippen molar-refractivity contribution in [1.82, 2.24) is 34.8 Å². The molecule has 0 spiro atoms. The molecule has 1 aliphatic heterocycles.